The highest BCUT2D eigenvalue weighted by Gasteiger charge is 2.27. The van der Waals surface area contributed by atoms with Crippen molar-refractivity contribution >= 4 is 14.0 Å². The third-order valence-electron chi connectivity index (χ3n) is 3.25. The lowest BCUT2D eigenvalue weighted by Crippen LogP contribution is -2.35. The van der Waals surface area contributed by atoms with E-state index in [9.17, 15) is 4.79 Å². The van der Waals surface area contributed by atoms with Gasteiger partial charge in [0.2, 0.25) is 0 Å². The number of aromatic nitrogens is 2. The molecule has 1 rings (SSSR count). The van der Waals surface area contributed by atoms with Crippen LogP contribution >= 0.6 is 0 Å². The lowest BCUT2D eigenvalue weighted by molar-refractivity contribution is -0.141. The molecule has 1 heterocycles. The van der Waals surface area contributed by atoms with Crippen LogP contribution in [0.2, 0.25) is 25.7 Å². The Kier molecular flexibility index (Phi) is 6.12. The van der Waals surface area contributed by atoms with Gasteiger partial charge >= 0.3 is 5.97 Å². The van der Waals surface area contributed by atoms with Crippen LogP contribution in [0.4, 0.5) is 0 Å². The monoisotopic (exact) mass is 313 g/mol. The van der Waals surface area contributed by atoms with E-state index in [2.05, 4.69) is 29.5 Å². The molecular formula is C14H27N3O3Si. The second-order valence-electron chi connectivity index (χ2n) is 6.79. The van der Waals surface area contributed by atoms with Crippen molar-refractivity contribution in [1.82, 2.24) is 9.78 Å². The first kappa shape index (κ1) is 17.9. The maximum absolute atomic E-state index is 11.4. The molecule has 6 nitrogen and oxygen atoms in total. The summed E-state index contributed by atoms with van der Waals surface area (Å²) in [6, 6.07) is 1.12. The SMILES string of the molecule is COC(=O)CC(C)(N)c1cnn(COCC[Si](C)(C)C)c1. The van der Waals surface area contributed by atoms with Crippen molar-refractivity contribution in [2.75, 3.05) is 13.7 Å². The Morgan fingerprint density at radius 3 is 2.71 bits per heavy atom. The molecule has 0 bridgehead atoms. The second-order valence-corrected chi connectivity index (χ2v) is 12.4. The molecule has 1 aromatic heterocycles. The molecule has 0 fully saturated rings. The van der Waals surface area contributed by atoms with Gasteiger partial charge in [0.15, 0.2) is 0 Å². The Bertz CT molecular complexity index is 466. The molecule has 0 aliphatic carbocycles. The maximum Gasteiger partial charge on any atom is 0.307 e. The van der Waals surface area contributed by atoms with Gasteiger partial charge in [0.05, 0.1) is 25.3 Å². The van der Waals surface area contributed by atoms with E-state index in [1.165, 1.54) is 7.11 Å². The molecule has 1 aromatic rings. The van der Waals surface area contributed by atoms with Crippen molar-refractivity contribution in [1.29, 1.82) is 0 Å². The molecule has 1 atom stereocenters. The quantitative estimate of drug-likeness (QED) is 0.451. The van der Waals surface area contributed by atoms with E-state index >= 15 is 0 Å². The molecule has 0 aliphatic rings. The van der Waals surface area contributed by atoms with Crippen LogP contribution in [0.5, 0.6) is 0 Å². The molecule has 21 heavy (non-hydrogen) atoms. The van der Waals surface area contributed by atoms with Gasteiger partial charge in [0.1, 0.15) is 6.73 Å². The van der Waals surface area contributed by atoms with Gasteiger partial charge in [-0.3, -0.25) is 4.79 Å². The summed E-state index contributed by atoms with van der Waals surface area (Å²) in [7, 11) is 0.287. The number of hydrogen-bond acceptors (Lipinski definition) is 5. The molecule has 1 unspecified atom stereocenters. The summed E-state index contributed by atoms with van der Waals surface area (Å²) in [6.45, 7) is 9.88. The number of methoxy groups -OCH3 is 1. The van der Waals surface area contributed by atoms with Crippen molar-refractivity contribution in [3.05, 3.63) is 18.0 Å². The standard InChI is InChI=1S/C14H27N3O3Si/c1-14(15,8-13(18)19-2)12-9-16-17(10-12)11-20-6-7-21(3,4)5/h9-10H,6-8,11,15H2,1-5H3. The number of hydrogen-bond donors (Lipinski definition) is 1. The third-order valence-corrected chi connectivity index (χ3v) is 4.96. The van der Waals surface area contributed by atoms with Gasteiger partial charge in [0, 0.05) is 26.4 Å². The molecule has 0 saturated heterocycles. The Morgan fingerprint density at radius 1 is 1.48 bits per heavy atom. The minimum absolute atomic E-state index is 0.117. The molecule has 0 amide bonds. The first-order valence-corrected chi connectivity index (χ1v) is 10.8. The van der Waals surface area contributed by atoms with Gasteiger partial charge in [-0.1, -0.05) is 19.6 Å². The minimum atomic E-state index is -1.07. The van der Waals surface area contributed by atoms with Crippen molar-refractivity contribution in [2.45, 2.75) is 51.3 Å². The summed E-state index contributed by atoms with van der Waals surface area (Å²) in [5, 5.41) is 4.22. The Hall–Kier alpha value is -1.18. The fraction of sp³-hybridized carbons (Fsp3) is 0.714. The Labute approximate surface area is 127 Å². The third kappa shape index (κ3) is 6.41. The largest absolute Gasteiger partial charge is 0.469 e. The van der Waals surface area contributed by atoms with Gasteiger partial charge in [-0.2, -0.15) is 5.10 Å². The summed E-state index contributed by atoms with van der Waals surface area (Å²) in [5.41, 5.74) is 6.16. The average molecular weight is 313 g/mol. The van der Waals surface area contributed by atoms with Crippen molar-refractivity contribution in [3.63, 3.8) is 0 Å². The molecule has 2 N–H and O–H groups in total. The van der Waals surface area contributed by atoms with E-state index in [0.29, 0.717) is 6.73 Å². The average Bonchev–Trinajstić information content (AvgIpc) is 2.82. The zero-order valence-electron chi connectivity index (χ0n) is 13.7. The van der Waals surface area contributed by atoms with Gasteiger partial charge < -0.3 is 15.2 Å². The zero-order chi connectivity index (χ0) is 16.1. The van der Waals surface area contributed by atoms with Gasteiger partial charge in [-0.25, -0.2) is 4.68 Å². The summed E-state index contributed by atoms with van der Waals surface area (Å²) >= 11 is 0. The van der Waals surface area contributed by atoms with Gasteiger partial charge in [0.25, 0.3) is 0 Å². The van der Waals surface area contributed by atoms with Gasteiger partial charge in [-0.05, 0) is 13.0 Å². The fourth-order valence-electron chi connectivity index (χ4n) is 1.74. The number of carbonyl (C=O) groups excluding carboxylic acids is 1. The van der Waals surface area contributed by atoms with Crippen LogP contribution in [0, 0.1) is 0 Å². The topological polar surface area (TPSA) is 79.4 Å². The normalized spacial score (nSPS) is 14.8. The van der Waals surface area contributed by atoms with E-state index in [-0.39, 0.29) is 12.4 Å². The molecule has 120 valence electrons. The van der Waals surface area contributed by atoms with Crippen LogP contribution in [0.25, 0.3) is 0 Å². The van der Waals surface area contributed by atoms with Crippen LogP contribution in [-0.2, 0) is 26.5 Å². The van der Waals surface area contributed by atoms with Crippen LogP contribution in [0.1, 0.15) is 18.9 Å². The number of nitrogens with zero attached hydrogens (tertiary/aromatic N) is 2. The van der Waals surface area contributed by atoms with E-state index in [0.717, 1.165) is 18.2 Å². The smallest absolute Gasteiger partial charge is 0.307 e. The summed E-state index contributed by atoms with van der Waals surface area (Å²) in [6.07, 6.45) is 3.61. The molecule has 0 saturated carbocycles. The summed E-state index contributed by atoms with van der Waals surface area (Å²) in [4.78, 5) is 11.4. The van der Waals surface area contributed by atoms with Gasteiger partial charge in [-0.15, -0.1) is 0 Å². The zero-order valence-corrected chi connectivity index (χ0v) is 14.7. The minimum Gasteiger partial charge on any atom is -0.469 e. The highest BCUT2D eigenvalue weighted by Crippen LogP contribution is 2.21. The Morgan fingerprint density at radius 2 is 2.14 bits per heavy atom. The molecule has 0 aliphatic heterocycles. The summed E-state index contributed by atoms with van der Waals surface area (Å²) in [5.74, 6) is -0.334. The van der Waals surface area contributed by atoms with Crippen molar-refractivity contribution in [3.8, 4) is 0 Å². The predicted octanol–water partition coefficient (Wildman–Crippen LogP) is 1.93. The molecule has 0 spiro atoms. The number of carbonyl (C=O) groups is 1. The predicted molar refractivity (Wildman–Crippen MR) is 84.5 cm³/mol. The molecule has 0 radical (unpaired) electrons. The molecule has 7 heteroatoms. The van der Waals surface area contributed by atoms with E-state index < -0.39 is 13.6 Å². The van der Waals surface area contributed by atoms with E-state index in [1.807, 2.05) is 6.20 Å². The summed E-state index contributed by atoms with van der Waals surface area (Å²) < 4.78 is 12.0. The molecular weight excluding hydrogens is 286 g/mol. The maximum atomic E-state index is 11.4. The van der Waals surface area contributed by atoms with E-state index in [1.54, 1.807) is 17.8 Å². The number of esters is 1. The first-order chi connectivity index (χ1) is 9.64. The van der Waals surface area contributed by atoms with Crippen LogP contribution in [0.3, 0.4) is 0 Å². The van der Waals surface area contributed by atoms with Crippen LogP contribution < -0.4 is 5.73 Å². The van der Waals surface area contributed by atoms with E-state index in [4.69, 9.17) is 10.5 Å². The lowest BCUT2D eigenvalue weighted by Gasteiger charge is -2.21. The van der Waals surface area contributed by atoms with Crippen molar-refractivity contribution in [2.24, 2.45) is 5.73 Å². The fourth-order valence-corrected chi connectivity index (χ4v) is 2.50. The Balaban J connectivity index is 2.51. The highest BCUT2D eigenvalue weighted by atomic mass is 28.3. The number of rotatable bonds is 8. The highest BCUT2D eigenvalue weighted by molar-refractivity contribution is 6.76. The number of nitrogens with two attached hydrogens (primary N) is 1. The van der Waals surface area contributed by atoms with Crippen LogP contribution in [0.15, 0.2) is 12.4 Å². The molecule has 0 aromatic carbocycles. The second kappa shape index (κ2) is 7.19. The first-order valence-electron chi connectivity index (χ1n) is 7.10. The number of ether oxygens (including phenoxy) is 2. The lowest BCUT2D eigenvalue weighted by atomic mass is 9.92. The van der Waals surface area contributed by atoms with Crippen molar-refractivity contribution < 1.29 is 14.3 Å². The van der Waals surface area contributed by atoms with Crippen LogP contribution in [-0.4, -0.2) is 37.5 Å².